The third-order valence-electron chi connectivity index (χ3n) is 4.87. The Hall–Kier alpha value is -0.920. The molecule has 134 valence electrons. The molecule has 2 saturated heterocycles. The summed E-state index contributed by atoms with van der Waals surface area (Å²) in [6, 6.07) is 4.48. The molecule has 0 bridgehead atoms. The zero-order valence-electron chi connectivity index (χ0n) is 13.5. The number of β-amino-alcohol motifs (C(OH)–C–C–N with tert-alkyl or cyclic N) is 1. The summed E-state index contributed by atoms with van der Waals surface area (Å²) in [4.78, 5) is 2.20. The molecule has 2 aliphatic rings. The summed E-state index contributed by atoms with van der Waals surface area (Å²) in [6.07, 6.45) is 1.46. The third-order valence-corrected chi connectivity index (χ3v) is 5.18. The van der Waals surface area contributed by atoms with Crippen molar-refractivity contribution in [2.45, 2.75) is 37.0 Å². The minimum absolute atomic E-state index is 0.0180. The fraction of sp³-hybridized carbons (Fsp3) is 0.647. The van der Waals surface area contributed by atoms with Crippen LogP contribution in [-0.2, 0) is 4.74 Å². The van der Waals surface area contributed by atoms with Crippen molar-refractivity contribution >= 4 is 11.6 Å². The molecule has 3 rings (SSSR count). The van der Waals surface area contributed by atoms with Crippen LogP contribution in [-0.4, -0.2) is 65.8 Å². The number of likely N-dealkylation sites (tertiary alicyclic amines) is 1. The average molecular weight is 360 g/mol. The molecule has 0 saturated carbocycles. The van der Waals surface area contributed by atoms with E-state index in [1.807, 2.05) is 0 Å². The molecule has 7 heteroatoms. The van der Waals surface area contributed by atoms with E-state index >= 15 is 0 Å². The quantitative estimate of drug-likeness (QED) is 0.859. The van der Waals surface area contributed by atoms with E-state index in [0.717, 1.165) is 32.6 Å². The minimum atomic E-state index is -1.38. The maximum absolute atomic E-state index is 13.5. The molecule has 2 N–H and O–H groups in total. The van der Waals surface area contributed by atoms with Gasteiger partial charge in [-0.25, -0.2) is 4.39 Å². The second kappa shape index (κ2) is 7.54. The number of piperidine rings is 1. The van der Waals surface area contributed by atoms with Crippen molar-refractivity contribution in [1.82, 2.24) is 4.90 Å². The molecule has 0 aliphatic carbocycles. The first-order chi connectivity index (χ1) is 11.5. The van der Waals surface area contributed by atoms with Gasteiger partial charge in [0, 0.05) is 38.4 Å². The molecule has 1 aromatic rings. The lowest BCUT2D eigenvalue weighted by atomic mass is 9.88. The summed E-state index contributed by atoms with van der Waals surface area (Å²) in [6.45, 7) is 2.42. The molecular formula is C17H23ClFNO4. The number of hydrogen-bond acceptors (Lipinski definition) is 5. The van der Waals surface area contributed by atoms with Crippen LogP contribution in [0.4, 0.5) is 4.39 Å². The number of aliphatic hydroxyl groups is 2. The highest BCUT2D eigenvalue weighted by molar-refractivity contribution is 6.30. The minimum Gasteiger partial charge on any atom is -0.490 e. The number of aliphatic hydroxyl groups excluding tert-OH is 1. The molecule has 2 heterocycles. The van der Waals surface area contributed by atoms with Gasteiger partial charge >= 0.3 is 0 Å². The SMILES string of the molecule is O[C@H]1CCN(C2CCOCC2)C[C@]1(O)COc1ccc(Cl)c(F)c1. The van der Waals surface area contributed by atoms with Gasteiger partial charge in [-0.2, -0.15) is 0 Å². The fourth-order valence-corrected chi connectivity index (χ4v) is 3.49. The Morgan fingerprint density at radius 2 is 2.08 bits per heavy atom. The van der Waals surface area contributed by atoms with Gasteiger partial charge in [0.05, 0.1) is 11.1 Å². The van der Waals surface area contributed by atoms with Crippen molar-refractivity contribution in [3.05, 3.63) is 29.0 Å². The smallest absolute Gasteiger partial charge is 0.145 e. The molecule has 24 heavy (non-hydrogen) atoms. The van der Waals surface area contributed by atoms with Crippen molar-refractivity contribution in [2.24, 2.45) is 0 Å². The van der Waals surface area contributed by atoms with Gasteiger partial charge in [-0.15, -0.1) is 0 Å². The van der Waals surface area contributed by atoms with Crippen LogP contribution < -0.4 is 4.74 Å². The number of halogens is 2. The zero-order valence-corrected chi connectivity index (χ0v) is 14.2. The van der Waals surface area contributed by atoms with Crippen LogP contribution in [0.5, 0.6) is 5.75 Å². The summed E-state index contributed by atoms with van der Waals surface area (Å²) in [5, 5.41) is 21.1. The van der Waals surface area contributed by atoms with Crippen molar-refractivity contribution < 1.29 is 24.1 Å². The summed E-state index contributed by atoms with van der Waals surface area (Å²) >= 11 is 5.65. The van der Waals surface area contributed by atoms with E-state index in [0.29, 0.717) is 19.0 Å². The van der Waals surface area contributed by atoms with Crippen LogP contribution in [0.3, 0.4) is 0 Å². The van der Waals surface area contributed by atoms with E-state index in [1.54, 1.807) is 6.07 Å². The van der Waals surface area contributed by atoms with Crippen molar-refractivity contribution in [2.75, 3.05) is 32.9 Å². The van der Waals surface area contributed by atoms with E-state index in [-0.39, 0.29) is 17.4 Å². The molecular weight excluding hydrogens is 337 g/mol. The highest BCUT2D eigenvalue weighted by atomic mass is 35.5. The van der Waals surface area contributed by atoms with Crippen LogP contribution >= 0.6 is 11.6 Å². The number of benzene rings is 1. The maximum Gasteiger partial charge on any atom is 0.145 e. The van der Waals surface area contributed by atoms with Gasteiger partial charge in [0.15, 0.2) is 0 Å². The molecule has 0 spiro atoms. The maximum atomic E-state index is 13.5. The van der Waals surface area contributed by atoms with Gasteiger partial charge in [-0.05, 0) is 31.4 Å². The van der Waals surface area contributed by atoms with E-state index in [1.165, 1.54) is 12.1 Å². The number of rotatable bonds is 4. The van der Waals surface area contributed by atoms with E-state index in [4.69, 9.17) is 21.1 Å². The Labute approximate surface area is 145 Å². The van der Waals surface area contributed by atoms with E-state index in [2.05, 4.69) is 4.90 Å². The number of hydrogen-bond donors (Lipinski definition) is 2. The van der Waals surface area contributed by atoms with Gasteiger partial charge in [-0.3, -0.25) is 4.90 Å². The lowest BCUT2D eigenvalue weighted by molar-refractivity contribution is -0.149. The Morgan fingerprint density at radius 1 is 1.33 bits per heavy atom. The van der Waals surface area contributed by atoms with Crippen molar-refractivity contribution in [3.63, 3.8) is 0 Å². The first-order valence-electron chi connectivity index (χ1n) is 8.28. The normalized spacial score (nSPS) is 29.6. The Kier molecular flexibility index (Phi) is 5.62. The largest absolute Gasteiger partial charge is 0.490 e. The average Bonchev–Trinajstić information content (AvgIpc) is 2.59. The van der Waals surface area contributed by atoms with E-state index < -0.39 is 17.5 Å². The van der Waals surface area contributed by atoms with Crippen LogP contribution in [0.1, 0.15) is 19.3 Å². The monoisotopic (exact) mass is 359 g/mol. The predicted octanol–water partition coefficient (Wildman–Crippen LogP) is 1.83. The molecule has 1 aromatic carbocycles. The van der Waals surface area contributed by atoms with Crippen LogP contribution in [0.15, 0.2) is 18.2 Å². The second-order valence-corrected chi connectivity index (χ2v) is 6.99. The van der Waals surface area contributed by atoms with Gasteiger partial charge in [0.2, 0.25) is 0 Å². The molecule has 0 unspecified atom stereocenters. The predicted molar refractivity (Wildman–Crippen MR) is 87.9 cm³/mol. The molecule has 0 radical (unpaired) electrons. The van der Waals surface area contributed by atoms with Crippen LogP contribution in [0.25, 0.3) is 0 Å². The summed E-state index contributed by atoms with van der Waals surface area (Å²) in [5.74, 6) is -0.296. The second-order valence-electron chi connectivity index (χ2n) is 6.59. The first-order valence-corrected chi connectivity index (χ1v) is 8.66. The molecule has 5 nitrogen and oxygen atoms in total. The van der Waals surface area contributed by atoms with Gasteiger partial charge < -0.3 is 19.7 Å². The molecule has 0 aromatic heterocycles. The van der Waals surface area contributed by atoms with Crippen LogP contribution in [0.2, 0.25) is 5.02 Å². The standard InChI is InChI=1S/C17H23ClFNO4/c18-14-2-1-13(9-15(14)19)24-11-17(22)10-20(6-3-16(17)21)12-4-7-23-8-5-12/h1-2,9,12,16,21-22H,3-8,10-11H2/t16-,17-/m0/s1. The zero-order chi connectivity index (χ0) is 17.2. The Bertz CT molecular complexity index is 570. The van der Waals surface area contributed by atoms with Gasteiger partial charge in [0.25, 0.3) is 0 Å². The van der Waals surface area contributed by atoms with Crippen molar-refractivity contribution in [3.8, 4) is 5.75 Å². The van der Waals surface area contributed by atoms with Gasteiger partial charge in [-0.1, -0.05) is 11.6 Å². The highest BCUT2D eigenvalue weighted by Gasteiger charge is 2.43. The molecule has 2 atom stereocenters. The topological polar surface area (TPSA) is 62.2 Å². The summed E-state index contributed by atoms with van der Waals surface area (Å²) in [5.41, 5.74) is -1.38. The lowest BCUT2D eigenvalue weighted by Crippen LogP contribution is -2.62. The number of ether oxygens (including phenoxy) is 2. The summed E-state index contributed by atoms with van der Waals surface area (Å²) < 4.78 is 24.4. The first kappa shape index (κ1) is 17.9. The highest BCUT2D eigenvalue weighted by Crippen LogP contribution is 2.28. The third kappa shape index (κ3) is 4.00. The molecule has 2 aliphatic heterocycles. The summed E-state index contributed by atoms with van der Waals surface area (Å²) in [7, 11) is 0. The lowest BCUT2D eigenvalue weighted by Gasteiger charge is -2.46. The Morgan fingerprint density at radius 3 is 2.79 bits per heavy atom. The number of nitrogens with zero attached hydrogens (tertiary/aromatic N) is 1. The van der Waals surface area contributed by atoms with Gasteiger partial charge in [0.1, 0.15) is 23.8 Å². The fourth-order valence-electron chi connectivity index (χ4n) is 3.37. The van der Waals surface area contributed by atoms with E-state index in [9.17, 15) is 14.6 Å². The molecule has 0 amide bonds. The van der Waals surface area contributed by atoms with Crippen LogP contribution in [0, 0.1) is 5.82 Å². The molecule has 2 fully saturated rings. The Balaban J connectivity index is 1.63. The van der Waals surface area contributed by atoms with Crippen molar-refractivity contribution in [1.29, 1.82) is 0 Å².